The van der Waals surface area contributed by atoms with Crippen LogP contribution in [0.25, 0.3) is 0 Å². The second-order valence-corrected chi connectivity index (χ2v) is 8.93. The molecule has 4 rings (SSSR count). The Balaban J connectivity index is 0.000000504. The van der Waals surface area contributed by atoms with Crippen LogP contribution in [0.5, 0.6) is 5.75 Å². The van der Waals surface area contributed by atoms with Crippen LogP contribution in [0.1, 0.15) is 51.1 Å². The van der Waals surface area contributed by atoms with Crippen LogP contribution in [-0.4, -0.2) is 45.1 Å². The molecular formula is C18H27NaO7S. The van der Waals surface area contributed by atoms with Gasteiger partial charge in [0.05, 0.1) is 12.2 Å². The smallest absolute Gasteiger partial charge is 1.00 e. The van der Waals surface area contributed by atoms with Crippen LogP contribution < -0.4 is 29.6 Å². The van der Waals surface area contributed by atoms with Gasteiger partial charge in [0.1, 0.15) is 5.75 Å². The van der Waals surface area contributed by atoms with Crippen LogP contribution in [0.2, 0.25) is 0 Å². The summed E-state index contributed by atoms with van der Waals surface area (Å²) in [6, 6.07) is 5.80. The molecule has 2 saturated carbocycles. The molecule has 6 atom stereocenters. The Morgan fingerprint density at radius 3 is 2.44 bits per heavy atom. The summed E-state index contributed by atoms with van der Waals surface area (Å²) in [7, 11) is -4.67. The number of hydrogen-bond donors (Lipinski definition) is 5. The van der Waals surface area contributed by atoms with E-state index in [2.05, 4.69) is 13.0 Å². The summed E-state index contributed by atoms with van der Waals surface area (Å²) in [5.74, 6) is 1.88. The number of rotatable bonds is 0. The van der Waals surface area contributed by atoms with E-state index in [4.69, 9.17) is 17.5 Å². The Kier molecular flexibility index (Phi) is 7.08. The molecule has 0 unspecified atom stereocenters. The number of phenols is 1. The first-order valence-electron chi connectivity index (χ1n) is 8.88. The van der Waals surface area contributed by atoms with Crippen molar-refractivity contribution in [3.05, 3.63) is 29.3 Å². The molecular weight excluding hydrogens is 383 g/mol. The molecule has 0 amide bonds. The number of aliphatic hydroxyl groups excluding tert-OH is 2. The van der Waals surface area contributed by atoms with Crippen LogP contribution >= 0.6 is 0 Å². The Hall–Kier alpha value is -0.190. The zero-order chi connectivity index (χ0) is 19.3. The molecule has 0 bridgehead atoms. The maximum atomic E-state index is 10.4. The van der Waals surface area contributed by atoms with Crippen LogP contribution in [0.15, 0.2) is 18.2 Å². The van der Waals surface area contributed by atoms with Crippen molar-refractivity contribution in [2.45, 2.75) is 57.2 Å². The van der Waals surface area contributed by atoms with E-state index in [-0.39, 0.29) is 36.4 Å². The first-order valence-corrected chi connectivity index (χ1v) is 10.3. The van der Waals surface area contributed by atoms with Crippen LogP contribution in [0.4, 0.5) is 0 Å². The SMILES string of the molecule is C[C@]12CC[C@@H]3c4ccc(O)cc4CC[C@H]3[C@@H]1C[C@@H](O)[C@@H]2O.O=S(=O)(O)O.[H-].[Na+]. The van der Waals surface area contributed by atoms with Gasteiger partial charge in [0.15, 0.2) is 0 Å². The predicted molar refractivity (Wildman–Crippen MR) is 95.4 cm³/mol. The quantitative estimate of drug-likeness (QED) is 0.275. The summed E-state index contributed by atoms with van der Waals surface area (Å²) < 4.78 is 31.6. The fourth-order valence-corrected chi connectivity index (χ4v) is 5.56. The molecule has 0 spiro atoms. The number of fused-ring (bicyclic) bond motifs is 5. The van der Waals surface area contributed by atoms with Crippen molar-refractivity contribution in [2.75, 3.05) is 0 Å². The molecule has 1 aromatic carbocycles. The number of benzene rings is 1. The van der Waals surface area contributed by atoms with Crippen molar-refractivity contribution < 1.29 is 63.8 Å². The second kappa shape index (κ2) is 8.28. The third-order valence-electron chi connectivity index (χ3n) is 6.68. The van der Waals surface area contributed by atoms with Gasteiger partial charge in [-0.15, -0.1) is 0 Å². The van der Waals surface area contributed by atoms with Gasteiger partial charge in [-0.25, -0.2) is 0 Å². The monoisotopic (exact) mass is 410 g/mol. The van der Waals surface area contributed by atoms with Gasteiger partial charge >= 0.3 is 40.0 Å². The van der Waals surface area contributed by atoms with Gasteiger partial charge in [-0.2, -0.15) is 8.42 Å². The van der Waals surface area contributed by atoms with Gasteiger partial charge in [-0.1, -0.05) is 13.0 Å². The third kappa shape index (κ3) is 4.70. The van der Waals surface area contributed by atoms with Crippen molar-refractivity contribution in [3.63, 3.8) is 0 Å². The van der Waals surface area contributed by atoms with E-state index < -0.39 is 22.6 Å². The zero-order valence-electron chi connectivity index (χ0n) is 16.6. The minimum absolute atomic E-state index is 0. The molecule has 7 nitrogen and oxygen atoms in total. The van der Waals surface area contributed by atoms with Gasteiger partial charge in [0.25, 0.3) is 0 Å². The molecule has 0 heterocycles. The molecule has 1 aromatic rings. The molecule has 0 saturated heterocycles. The maximum Gasteiger partial charge on any atom is 1.00 e. The molecule has 27 heavy (non-hydrogen) atoms. The Bertz CT molecular complexity index is 782. The Labute approximate surface area is 183 Å². The van der Waals surface area contributed by atoms with E-state index in [9.17, 15) is 15.3 Å². The van der Waals surface area contributed by atoms with Crippen LogP contribution in [-0.2, 0) is 16.8 Å². The maximum absolute atomic E-state index is 10.4. The van der Waals surface area contributed by atoms with E-state index in [1.165, 1.54) is 11.1 Å². The topological polar surface area (TPSA) is 135 Å². The van der Waals surface area contributed by atoms with Crippen molar-refractivity contribution in [3.8, 4) is 5.75 Å². The molecule has 5 N–H and O–H groups in total. The summed E-state index contributed by atoms with van der Waals surface area (Å²) in [5, 5.41) is 30.2. The van der Waals surface area contributed by atoms with Crippen molar-refractivity contribution >= 4 is 10.4 Å². The van der Waals surface area contributed by atoms with Gasteiger partial charge in [-0.05, 0) is 78.5 Å². The van der Waals surface area contributed by atoms with Gasteiger partial charge in [-0.3, -0.25) is 9.11 Å². The first-order chi connectivity index (χ1) is 12.0. The summed E-state index contributed by atoms with van der Waals surface area (Å²) in [5.41, 5.74) is 2.57. The van der Waals surface area contributed by atoms with Gasteiger partial charge in [0, 0.05) is 0 Å². The zero-order valence-corrected chi connectivity index (χ0v) is 18.4. The summed E-state index contributed by atoms with van der Waals surface area (Å²) in [6.45, 7) is 2.17. The van der Waals surface area contributed by atoms with Crippen LogP contribution in [0.3, 0.4) is 0 Å². The van der Waals surface area contributed by atoms with Crippen molar-refractivity contribution in [2.24, 2.45) is 17.3 Å². The molecule has 148 valence electrons. The van der Waals surface area contributed by atoms with Gasteiger partial charge < -0.3 is 16.7 Å². The molecule has 2 fully saturated rings. The molecule has 0 aromatic heterocycles. The fraction of sp³-hybridized carbons (Fsp3) is 0.667. The van der Waals surface area contributed by atoms with Gasteiger partial charge in [0.2, 0.25) is 0 Å². The normalized spacial score (nSPS) is 37.0. The number of aliphatic hydroxyl groups is 2. The molecule has 3 aliphatic rings. The van der Waals surface area contributed by atoms with E-state index in [1.54, 1.807) is 6.07 Å². The fourth-order valence-electron chi connectivity index (χ4n) is 5.56. The van der Waals surface area contributed by atoms with Crippen molar-refractivity contribution in [1.82, 2.24) is 0 Å². The molecule has 0 aliphatic heterocycles. The minimum Gasteiger partial charge on any atom is -1.00 e. The first kappa shape index (κ1) is 23.1. The van der Waals surface area contributed by atoms with E-state index >= 15 is 0 Å². The number of phenolic OH excluding ortho intramolecular Hbond substituents is 1. The van der Waals surface area contributed by atoms with E-state index in [0.717, 1.165) is 32.1 Å². The van der Waals surface area contributed by atoms with Crippen molar-refractivity contribution in [1.29, 1.82) is 0 Å². The summed E-state index contributed by atoms with van der Waals surface area (Å²) >= 11 is 0. The molecule has 9 heteroatoms. The number of aryl methyl sites for hydroxylation is 1. The van der Waals surface area contributed by atoms with E-state index in [0.29, 0.717) is 23.5 Å². The number of hydrogen-bond acceptors (Lipinski definition) is 5. The largest absolute Gasteiger partial charge is 1.00 e. The van der Waals surface area contributed by atoms with E-state index in [1.807, 2.05) is 6.07 Å². The summed E-state index contributed by atoms with van der Waals surface area (Å²) in [4.78, 5) is 0. The summed E-state index contributed by atoms with van der Waals surface area (Å²) in [6.07, 6.45) is 3.80. The predicted octanol–water partition coefficient (Wildman–Crippen LogP) is -0.956. The second-order valence-electron chi connectivity index (χ2n) is 8.04. The minimum atomic E-state index is -4.67. The number of aromatic hydroxyl groups is 1. The third-order valence-corrected chi connectivity index (χ3v) is 6.68. The average Bonchev–Trinajstić information content (AvgIpc) is 2.76. The van der Waals surface area contributed by atoms with Crippen LogP contribution in [0, 0.1) is 17.3 Å². The Morgan fingerprint density at radius 2 is 1.81 bits per heavy atom. The molecule has 3 aliphatic carbocycles. The Morgan fingerprint density at radius 1 is 1.19 bits per heavy atom. The standard InChI is InChI=1S/C18H24O3.Na.H2O4S.H/c1-18-7-6-13-12-5-3-11(19)8-10(12)2-4-14(13)15(18)9-16(20)17(18)21;;1-5(2,3)4;/h3,5,8,13-17,19-21H,2,4,6-7,9H2,1H3;;(H2,1,2,3,4);/q;+1;;-1/t13-,14-,15+,16-,17+,18+;;;/m1.../s1. The average molecular weight is 410 g/mol. The molecule has 0 radical (unpaired) electrons.